The number of benzene rings is 1. The van der Waals surface area contributed by atoms with Crippen LogP contribution in [0.2, 0.25) is 0 Å². The van der Waals surface area contributed by atoms with Crippen LogP contribution in [0.25, 0.3) is 9.78 Å². The predicted octanol–water partition coefficient (Wildman–Crippen LogP) is 0.251. The molecule has 0 aliphatic heterocycles. The molecule has 1 aromatic carbocycles. The SMILES string of the molecule is COc1[se]c2ccccc2[n+]1OC. The van der Waals surface area contributed by atoms with E-state index in [1.54, 1.807) is 19.0 Å². The minimum absolute atomic E-state index is 0.237. The van der Waals surface area contributed by atoms with E-state index >= 15 is 0 Å². The van der Waals surface area contributed by atoms with E-state index in [0.717, 1.165) is 10.3 Å². The van der Waals surface area contributed by atoms with Gasteiger partial charge in [-0.25, -0.2) is 0 Å². The molecule has 0 fully saturated rings. The van der Waals surface area contributed by atoms with Gasteiger partial charge in [-0.2, -0.15) is 0 Å². The van der Waals surface area contributed by atoms with Gasteiger partial charge in [-0.1, -0.05) is 0 Å². The molecule has 0 radical (unpaired) electrons. The zero-order valence-corrected chi connectivity index (χ0v) is 9.19. The Morgan fingerprint density at radius 2 is 2.00 bits per heavy atom. The van der Waals surface area contributed by atoms with E-state index in [9.17, 15) is 0 Å². The maximum absolute atomic E-state index is 5.24. The average Bonchev–Trinajstić information content (AvgIpc) is 2.55. The van der Waals surface area contributed by atoms with Crippen molar-refractivity contribution in [2.75, 3.05) is 14.2 Å². The van der Waals surface area contributed by atoms with Crippen LogP contribution in [0.15, 0.2) is 24.3 Å². The second kappa shape index (κ2) is 3.40. The summed E-state index contributed by atoms with van der Waals surface area (Å²) in [4.78, 5) is 5.23. The zero-order valence-electron chi connectivity index (χ0n) is 7.48. The van der Waals surface area contributed by atoms with Crippen molar-refractivity contribution in [2.45, 2.75) is 0 Å². The Morgan fingerprint density at radius 3 is 2.69 bits per heavy atom. The van der Waals surface area contributed by atoms with Crippen molar-refractivity contribution in [1.82, 2.24) is 0 Å². The van der Waals surface area contributed by atoms with Gasteiger partial charge < -0.3 is 0 Å². The Bertz CT molecular complexity index is 424. The number of nitrogens with zero attached hydrogens (tertiary/aromatic N) is 1. The van der Waals surface area contributed by atoms with Crippen molar-refractivity contribution in [1.29, 1.82) is 0 Å². The van der Waals surface area contributed by atoms with Crippen molar-refractivity contribution in [3.8, 4) is 4.75 Å². The first-order valence-corrected chi connectivity index (χ1v) is 5.60. The van der Waals surface area contributed by atoms with Crippen molar-refractivity contribution in [2.24, 2.45) is 0 Å². The van der Waals surface area contributed by atoms with Crippen molar-refractivity contribution >= 4 is 24.3 Å². The summed E-state index contributed by atoms with van der Waals surface area (Å²) in [5.74, 6) is 0. The molecule has 0 amide bonds. The van der Waals surface area contributed by atoms with Crippen LogP contribution in [-0.2, 0) is 0 Å². The van der Waals surface area contributed by atoms with Gasteiger partial charge in [0, 0.05) is 0 Å². The molecule has 0 aliphatic carbocycles. The molecule has 1 aromatic heterocycles. The summed E-state index contributed by atoms with van der Waals surface area (Å²) in [5.41, 5.74) is 1.10. The molecule has 0 bridgehead atoms. The zero-order chi connectivity index (χ0) is 9.26. The van der Waals surface area contributed by atoms with Gasteiger partial charge in [-0.05, 0) is 0 Å². The fourth-order valence-corrected chi connectivity index (χ4v) is 3.19. The summed E-state index contributed by atoms with van der Waals surface area (Å²) in [6.45, 7) is 0. The van der Waals surface area contributed by atoms with Crippen molar-refractivity contribution in [3.05, 3.63) is 24.3 Å². The van der Waals surface area contributed by atoms with Crippen LogP contribution < -0.4 is 14.3 Å². The average molecular weight is 243 g/mol. The number of rotatable bonds is 2. The molecule has 0 aliphatic rings. The molecule has 0 unspecified atom stereocenters. The van der Waals surface area contributed by atoms with Gasteiger partial charge in [0.15, 0.2) is 0 Å². The first-order valence-electron chi connectivity index (χ1n) is 3.89. The Balaban J connectivity index is 2.73. The number of ether oxygens (including phenoxy) is 1. The van der Waals surface area contributed by atoms with Crippen molar-refractivity contribution < 1.29 is 14.3 Å². The summed E-state index contributed by atoms with van der Waals surface area (Å²) in [6.07, 6.45) is 0. The summed E-state index contributed by atoms with van der Waals surface area (Å²) in [7, 11) is 3.33. The second-order valence-corrected chi connectivity index (χ2v) is 4.60. The molecule has 68 valence electrons. The van der Waals surface area contributed by atoms with E-state index in [4.69, 9.17) is 9.57 Å². The van der Waals surface area contributed by atoms with E-state index in [1.807, 2.05) is 18.2 Å². The minimum atomic E-state index is 0.237. The van der Waals surface area contributed by atoms with Gasteiger partial charge in [-0.3, -0.25) is 0 Å². The molecule has 0 saturated heterocycles. The van der Waals surface area contributed by atoms with Gasteiger partial charge in [0.25, 0.3) is 0 Å². The molecule has 2 aromatic rings. The quantitative estimate of drug-likeness (QED) is 0.557. The number of aromatic nitrogens is 1. The second-order valence-electron chi connectivity index (χ2n) is 2.52. The van der Waals surface area contributed by atoms with Gasteiger partial charge in [0.05, 0.1) is 0 Å². The molecule has 3 nitrogen and oxygen atoms in total. The monoisotopic (exact) mass is 244 g/mol. The topological polar surface area (TPSA) is 22.3 Å². The first kappa shape index (κ1) is 8.60. The third kappa shape index (κ3) is 1.32. The van der Waals surface area contributed by atoms with Crippen LogP contribution in [0, 0.1) is 0 Å². The van der Waals surface area contributed by atoms with E-state index in [-0.39, 0.29) is 14.5 Å². The molecule has 1 heterocycles. The van der Waals surface area contributed by atoms with Gasteiger partial charge in [0.2, 0.25) is 0 Å². The maximum atomic E-state index is 5.24. The van der Waals surface area contributed by atoms with E-state index in [0.29, 0.717) is 0 Å². The Hall–Kier alpha value is -0.991. The van der Waals surface area contributed by atoms with Gasteiger partial charge >= 0.3 is 81.8 Å². The van der Waals surface area contributed by atoms with Crippen LogP contribution in [0.4, 0.5) is 0 Å². The predicted molar refractivity (Wildman–Crippen MR) is 50.1 cm³/mol. The van der Waals surface area contributed by atoms with Gasteiger partial charge in [-0.15, -0.1) is 0 Å². The van der Waals surface area contributed by atoms with Crippen molar-refractivity contribution in [3.63, 3.8) is 0 Å². The number of para-hydroxylation sites is 1. The standard InChI is InChI=1S/C9H10NO2Se/c1-11-9-10(12-2)7-5-3-4-6-8(7)13-9/h3-6H,1-2H3/q+1. The van der Waals surface area contributed by atoms with Crippen LogP contribution in [0.1, 0.15) is 0 Å². The molecule has 4 heteroatoms. The van der Waals surface area contributed by atoms with Crippen LogP contribution >= 0.6 is 0 Å². The molecule has 13 heavy (non-hydrogen) atoms. The summed E-state index contributed by atoms with van der Waals surface area (Å²) < 4.78 is 9.19. The molecule has 0 spiro atoms. The molecular formula is C9H10NO2Se+. The van der Waals surface area contributed by atoms with E-state index < -0.39 is 0 Å². The molecule has 0 atom stereocenters. The van der Waals surface area contributed by atoms with Gasteiger partial charge in [0.1, 0.15) is 0 Å². The fourth-order valence-electron chi connectivity index (χ4n) is 1.24. The Morgan fingerprint density at radius 1 is 1.23 bits per heavy atom. The number of methoxy groups -OCH3 is 1. The number of hydrogen-bond donors (Lipinski definition) is 0. The summed E-state index contributed by atoms with van der Waals surface area (Å²) in [5, 5.41) is 0. The number of hydrogen-bond acceptors (Lipinski definition) is 2. The summed E-state index contributed by atoms with van der Waals surface area (Å²) >= 11 is 0.237. The third-order valence-electron chi connectivity index (χ3n) is 1.80. The summed E-state index contributed by atoms with van der Waals surface area (Å²) in [6, 6.07) is 8.17. The molecule has 0 N–H and O–H groups in total. The van der Waals surface area contributed by atoms with Crippen LogP contribution in [-0.4, -0.2) is 28.7 Å². The normalized spacial score (nSPS) is 10.3. The van der Waals surface area contributed by atoms with Crippen LogP contribution in [0.3, 0.4) is 0 Å². The third-order valence-corrected chi connectivity index (χ3v) is 4.05. The Kier molecular flexibility index (Phi) is 2.25. The van der Waals surface area contributed by atoms with E-state index in [2.05, 4.69) is 6.07 Å². The number of fused-ring (bicyclic) bond motifs is 1. The Labute approximate surface area is 82.2 Å². The first-order chi connectivity index (χ1) is 6.36. The molecule has 2 rings (SSSR count). The van der Waals surface area contributed by atoms with E-state index in [1.165, 1.54) is 4.26 Å². The molecule has 0 saturated carbocycles. The molecular weight excluding hydrogens is 233 g/mol. The fraction of sp³-hybridized carbons (Fsp3) is 0.222. The van der Waals surface area contributed by atoms with Crippen LogP contribution in [0.5, 0.6) is 4.75 Å².